The zero-order chi connectivity index (χ0) is 18.4. The van der Waals surface area contributed by atoms with E-state index >= 15 is 0 Å². The van der Waals surface area contributed by atoms with Gasteiger partial charge in [0.15, 0.2) is 0 Å². The number of hydrogen-bond acceptors (Lipinski definition) is 4. The fourth-order valence-corrected chi connectivity index (χ4v) is 4.79. The van der Waals surface area contributed by atoms with Crippen molar-refractivity contribution < 1.29 is 22.7 Å². The van der Waals surface area contributed by atoms with E-state index in [2.05, 4.69) is 0 Å². The molecule has 3 atom stereocenters. The van der Waals surface area contributed by atoms with Gasteiger partial charge in [-0.1, -0.05) is 13.3 Å². The van der Waals surface area contributed by atoms with Crippen LogP contribution in [0, 0.1) is 17.7 Å². The third kappa shape index (κ3) is 3.30. The fourth-order valence-electron chi connectivity index (χ4n) is 4.25. The minimum atomic E-state index is -4.02. The summed E-state index contributed by atoms with van der Waals surface area (Å²) in [5.74, 6) is -1.18. The molecule has 2 aliphatic rings. The van der Waals surface area contributed by atoms with Gasteiger partial charge >= 0.3 is 0 Å². The summed E-state index contributed by atoms with van der Waals surface area (Å²) >= 11 is 0. The van der Waals surface area contributed by atoms with Gasteiger partial charge in [-0.25, -0.2) is 17.9 Å². The normalized spacial score (nSPS) is 29.5. The van der Waals surface area contributed by atoms with E-state index in [1.165, 1.54) is 4.90 Å². The average Bonchev–Trinajstić information content (AvgIpc) is 2.99. The Labute approximate surface area is 146 Å². The van der Waals surface area contributed by atoms with E-state index in [9.17, 15) is 22.7 Å². The molecule has 25 heavy (non-hydrogen) atoms. The van der Waals surface area contributed by atoms with Gasteiger partial charge in [0, 0.05) is 19.0 Å². The SMILES string of the molecule is CC[C@]1(O)CCC[C@H]2CN(C(=O)c3cc(S(N)(=O)=O)ccc3F)C[C@H]21. The van der Waals surface area contributed by atoms with Crippen molar-refractivity contribution in [2.24, 2.45) is 17.0 Å². The molecular weight excluding hydrogens is 347 g/mol. The molecule has 3 N–H and O–H groups in total. The van der Waals surface area contributed by atoms with Gasteiger partial charge in [0.05, 0.1) is 16.1 Å². The van der Waals surface area contributed by atoms with Crippen LogP contribution in [0.15, 0.2) is 23.1 Å². The number of amides is 1. The predicted octanol–water partition coefficient (Wildman–Crippen LogP) is 1.49. The lowest BCUT2D eigenvalue weighted by Crippen LogP contribution is -2.44. The highest BCUT2D eigenvalue weighted by Crippen LogP contribution is 2.44. The summed E-state index contributed by atoms with van der Waals surface area (Å²) in [5.41, 5.74) is -1.09. The molecule has 1 heterocycles. The van der Waals surface area contributed by atoms with Gasteiger partial charge in [0.25, 0.3) is 5.91 Å². The molecule has 6 nitrogen and oxygen atoms in total. The molecule has 1 aromatic carbocycles. The lowest BCUT2D eigenvalue weighted by Gasteiger charge is -2.40. The van der Waals surface area contributed by atoms with Crippen molar-refractivity contribution >= 4 is 15.9 Å². The Bertz CT molecular complexity index is 798. The van der Waals surface area contributed by atoms with Crippen LogP contribution in [0.1, 0.15) is 43.0 Å². The Balaban J connectivity index is 1.88. The first-order valence-electron chi connectivity index (χ1n) is 8.49. The van der Waals surface area contributed by atoms with Crippen LogP contribution in [0.4, 0.5) is 4.39 Å². The Morgan fingerprint density at radius 3 is 2.80 bits per heavy atom. The third-order valence-electron chi connectivity index (χ3n) is 5.71. The van der Waals surface area contributed by atoms with E-state index in [1.807, 2.05) is 6.92 Å². The van der Waals surface area contributed by atoms with Crippen molar-refractivity contribution in [3.63, 3.8) is 0 Å². The second kappa shape index (κ2) is 6.34. The molecule has 2 fully saturated rings. The molecule has 1 aliphatic heterocycles. The highest BCUT2D eigenvalue weighted by Gasteiger charge is 2.48. The molecule has 0 bridgehead atoms. The van der Waals surface area contributed by atoms with E-state index in [4.69, 9.17) is 5.14 Å². The van der Waals surface area contributed by atoms with Gasteiger partial charge in [0.1, 0.15) is 5.82 Å². The molecule has 8 heteroatoms. The highest BCUT2D eigenvalue weighted by molar-refractivity contribution is 7.89. The zero-order valence-electron chi connectivity index (χ0n) is 14.1. The number of halogens is 1. The number of primary sulfonamides is 1. The molecule has 1 amide bonds. The highest BCUT2D eigenvalue weighted by atomic mass is 32.2. The van der Waals surface area contributed by atoms with Crippen LogP contribution < -0.4 is 5.14 Å². The van der Waals surface area contributed by atoms with Crippen molar-refractivity contribution in [2.45, 2.75) is 43.1 Å². The maximum Gasteiger partial charge on any atom is 0.256 e. The molecule has 0 aromatic heterocycles. The summed E-state index contributed by atoms with van der Waals surface area (Å²) in [6.07, 6.45) is 3.16. The van der Waals surface area contributed by atoms with Gasteiger partial charge in [-0.15, -0.1) is 0 Å². The number of carbonyl (C=O) groups is 1. The van der Waals surface area contributed by atoms with Crippen LogP contribution in [-0.4, -0.2) is 43.0 Å². The smallest absolute Gasteiger partial charge is 0.256 e. The standard InChI is InChI=1S/C17H23FN2O4S/c1-2-17(22)7-3-4-11-9-20(10-14(11)17)16(21)13-8-12(25(19,23)24)5-6-15(13)18/h5-6,8,11,14,22H,2-4,7,9-10H2,1H3,(H2,19,23,24)/t11-,14+,17-/m0/s1. The van der Waals surface area contributed by atoms with Crippen molar-refractivity contribution in [3.05, 3.63) is 29.6 Å². The van der Waals surface area contributed by atoms with Gasteiger partial charge in [-0.05, 0) is 43.4 Å². The quantitative estimate of drug-likeness (QED) is 0.842. The Kier molecular flexibility index (Phi) is 4.63. The van der Waals surface area contributed by atoms with Crippen molar-refractivity contribution in [1.82, 2.24) is 4.90 Å². The topological polar surface area (TPSA) is 101 Å². The Morgan fingerprint density at radius 2 is 2.16 bits per heavy atom. The predicted molar refractivity (Wildman–Crippen MR) is 89.7 cm³/mol. The minimum Gasteiger partial charge on any atom is -0.390 e. The third-order valence-corrected chi connectivity index (χ3v) is 6.62. The number of sulfonamides is 1. The maximum absolute atomic E-state index is 14.1. The number of nitrogens with zero attached hydrogens (tertiary/aromatic N) is 1. The Hall–Kier alpha value is -1.51. The van der Waals surface area contributed by atoms with Crippen LogP contribution in [-0.2, 0) is 10.0 Å². The average molecular weight is 370 g/mol. The fraction of sp³-hybridized carbons (Fsp3) is 0.588. The first-order valence-corrected chi connectivity index (χ1v) is 10.0. The molecule has 1 aliphatic carbocycles. The molecule has 138 valence electrons. The number of aliphatic hydroxyl groups is 1. The summed E-state index contributed by atoms with van der Waals surface area (Å²) in [4.78, 5) is 14.0. The molecule has 0 radical (unpaired) electrons. The van der Waals surface area contributed by atoms with Crippen LogP contribution >= 0.6 is 0 Å². The van der Waals surface area contributed by atoms with Crippen LogP contribution in [0.25, 0.3) is 0 Å². The number of hydrogen-bond donors (Lipinski definition) is 2. The first kappa shape index (κ1) is 18.3. The van der Waals surface area contributed by atoms with Crippen molar-refractivity contribution in [1.29, 1.82) is 0 Å². The summed E-state index contributed by atoms with van der Waals surface area (Å²) < 4.78 is 37.1. The molecule has 0 spiro atoms. The largest absolute Gasteiger partial charge is 0.390 e. The second-order valence-electron chi connectivity index (χ2n) is 7.11. The summed E-state index contributed by atoms with van der Waals surface area (Å²) in [6, 6.07) is 2.97. The zero-order valence-corrected chi connectivity index (χ0v) is 14.9. The molecular formula is C17H23FN2O4S. The van der Waals surface area contributed by atoms with E-state index in [-0.39, 0.29) is 22.3 Å². The van der Waals surface area contributed by atoms with E-state index < -0.39 is 27.3 Å². The number of rotatable bonds is 3. The second-order valence-corrected chi connectivity index (χ2v) is 8.67. The molecule has 0 unspecified atom stereocenters. The number of likely N-dealkylation sites (tertiary alicyclic amines) is 1. The Morgan fingerprint density at radius 1 is 1.44 bits per heavy atom. The molecule has 1 saturated heterocycles. The van der Waals surface area contributed by atoms with Gasteiger partial charge in [-0.2, -0.15) is 0 Å². The first-order chi connectivity index (χ1) is 11.7. The number of nitrogens with two attached hydrogens (primary N) is 1. The lowest BCUT2D eigenvalue weighted by atomic mass is 9.69. The van der Waals surface area contributed by atoms with Crippen molar-refractivity contribution in [2.75, 3.05) is 13.1 Å². The lowest BCUT2D eigenvalue weighted by molar-refractivity contribution is -0.0609. The number of fused-ring (bicyclic) bond motifs is 1. The van der Waals surface area contributed by atoms with E-state index in [1.54, 1.807) is 0 Å². The monoisotopic (exact) mass is 370 g/mol. The van der Waals surface area contributed by atoms with E-state index in [0.717, 1.165) is 31.0 Å². The molecule has 3 rings (SSSR count). The van der Waals surface area contributed by atoms with Crippen LogP contribution in [0.5, 0.6) is 0 Å². The van der Waals surface area contributed by atoms with Gasteiger partial charge in [-0.3, -0.25) is 4.79 Å². The molecule has 1 aromatic rings. The van der Waals surface area contributed by atoms with Gasteiger partial charge < -0.3 is 10.0 Å². The number of carbonyl (C=O) groups excluding carboxylic acids is 1. The summed E-state index contributed by atoms with van der Waals surface area (Å²) in [7, 11) is -4.02. The van der Waals surface area contributed by atoms with E-state index in [0.29, 0.717) is 25.9 Å². The minimum absolute atomic E-state index is 0.0281. The summed E-state index contributed by atoms with van der Waals surface area (Å²) in [6.45, 7) is 2.74. The molecule has 1 saturated carbocycles. The van der Waals surface area contributed by atoms with Gasteiger partial charge in [0.2, 0.25) is 10.0 Å². The maximum atomic E-state index is 14.1. The number of benzene rings is 1. The van der Waals surface area contributed by atoms with Crippen LogP contribution in [0.2, 0.25) is 0 Å². The van der Waals surface area contributed by atoms with Crippen LogP contribution in [0.3, 0.4) is 0 Å². The summed E-state index contributed by atoms with van der Waals surface area (Å²) in [5, 5.41) is 15.9. The van der Waals surface area contributed by atoms with Crippen molar-refractivity contribution in [3.8, 4) is 0 Å².